The predicted molar refractivity (Wildman–Crippen MR) is 156 cm³/mol. The molecule has 8 rings (SSSR count). The summed E-state index contributed by atoms with van der Waals surface area (Å²) in [5, 5.41) is 5.31. The van der Waals surface area contributed by atoms with Crippen molar-refractivity contribution in [3.05, 3.63) is 65.4 Å². The zero-order valence-corrected chi connectivity index (χ0v) is 23.3. The molecule has 0 radical (unpaired) electrons. The van der Waals surface area contributed by atoms with E-state index in [2.05, 4.69) is 70.7 Å². The molecule has 0 unspecified atom stereocenters. The first-order chi connectivity index (χ1) is 18.6. The number of para-hydroxylation sites is 1. The highest BCUT2D eigenvalue weighted by Gasteiger charge is 2.51. The molecular weight excluding hydrogens is 490 g/mol. The Morgan fingerprint density at radius 3 is 2.37 bits per heavy atom. The number of aromatic amines is 1. The van der Waals surface area contributed by atoms with Gasteiger partial charge in [-0.3, -0.25) is 4.79 Å². The number of benzene rings is 2. The smallest absolute Gasteiger partial charge is 0.238 e. The van der Waals surface area contributed by atoms with Gasteiger partial charge in [-0.25, -0.2) is 0 Å². The number of rotatable bonds is 7. The van der Waals surface area contributed by atoms with Gasteiger partial charge in [-0.1, -0.05) is 50.1 Å². The lowest BCUT2D eigenvalue weighted by molar-refractivity contribution is -0.133. The van der Waals surface area contributed by atoms with Crippen molar-refractivity contribution in [1.29, 1.82) is 0 Å². The van der Waals surface area contributed by atoms with Crippen molar-refractivity contribution in [2.45, 2.75) is 88.8 Å². The van der Waals surface area contributed by atoms with Crippen molar-refractivity contribution in [1.82, 2.24) is 9.88 Å². The molecule has 5 heteroatoms. The number of anilines is 1. The van der Waals surface area contributed by atoms with E-state index in [-0.39, 0.29) is 29.4 Å². The fourth-order valence-electron chi connectivity index (χ4n) is 9.10. The summed E-state index contributed by atoms with van der Waals surface area (Å²) in [6, 6.07) is 17.6. The van der Waals surface area contributed by atoms with Gasteiger partial charge >= 0.3 is 0 Å². The highest BCUT2D eigenvalue weighted by Crippen LogP contribution is 2.56. The molecule has 3 aromatic rings. The van der Waals surface area contributed by atoms with Crippen molar-refractivity contribution >= 4 is 34.1 Å². The molecule has 1 aromatic heterocycles. The molecule has 2 N–H and O–H groups in total. The summed E-state index contributed by atoms with van der Waals surface area (Å²) in [7, 11) is 0. The van der Waals surface area contributed by atoms with Gasteiger partial charge in [0.25, 0.3) is 0 Å². The van der Waals surface area contributed by atoms with E-state index in [9.17, 15) is 4.79 Å². The molecule has 5 aliphatic rings. The normalized spacial score (nSPS) is 31.5. The molecule has 0 spiro atoms. The molecule has 4 fully saturated rings. The average Bonchev–Trinajstić information content (AvgIpc) is 3.28. The van der Waals surface area contributed by atoms with E-state index < -0.39 is 0 Å². The zero-order valence-electron chi connectivity index (χ0n) is 22.5. The standard InChI is InChI=1S/C33H40ClN3O/c1-2-3-6-26-16-28-27-7-4-5-8-29(27)35-31(28)32(37(26)30(38)20-34)24-9-11-25(12-10-24)36-33-17-21-13-22(18-33)15-23(14-21)19-33/h4-5,7-12,21-23,26,32,35-36H,2-3,6,13-20H2,1H3/t21?,22?,23?,26-,32-,33?/m0/s1. The molecule has 4 saturated carbocycles. The van der Waals surface area contributed by atoms with Crippen LogP contribution >= 0.6 is 11.6 Å². The first-order valence-electron chi connectivity index (χ1n) is 14.9. The molecule has 2 atom stereocenters. The summed E-state index contributed by atoms with van der Waals surface area (Å²) in [4.78, 5) is 19.2. The minimum atomic E-state index is -0.146. The third-order valence-corrected chi connectivity index (χ3v) is 10.4. The Balaban J connectivity index is 1.24. The second kappa shape index (κ2) is 9.62. The number of unbranched alkanes of at least 4 members (excludes halogenated alkanes) is 1. The molecule has 2 aromatic carbocycles. The van der Waals surface area contributed by atoms with Gasteiger partial charge in [0.2, 0.25) is 5.91 Å². The summed E-state index contributed by atoms with van der Waals surface area (Å²) in [6.45, 7) is 2.22. The lowest BCUT2D eigenvalue weighted by Crippen LogP contribution is -2.54. The van der Waals surface area contributed by atoms with Gasteiger partial charge in [-0.2, -0.15) is 0 Å². The molecule has 2 heterocycles. The van der Waals surface area contributed by atoms with Gasteiger partial charge in [0.05, 0.1) is 6.04 Å². The van der Waals surface area contributed by atoms with Gasteiger partial charge < -0.3 is 15.2 Å². The third kappa shape index (κ3) is 4.15. The molecule has 200 valence electrons. The molecule has 4 bridgehead atoms. The van der Waals surface area contributed by atoms with E-state index >= 15 is 0 Å². The maximum atomic E-state index is 13.4. The van der Waals surface area contributed by atoms with Crippen LogP contribution in [-0.4, -0.2) is 33.3 Å². The summed E-state index contributed by atoms with van der Waals surface area (Å²) >= 11 is 6.23. The predicted octanol–water partition coefficient (Wildman–Crippen LogP) is 7.82. The second-order valence-electron chi connectivity index (χ2n) is 12.8. The van der Waals surface area contributed by atoms with Crippen LogP contribution in [0.1, 0.15) is 87.6 Å². The zero-order chi connectivity index (χ0) is 25.9. The number of carbonyl (C=O) groups excluding carboxylic acids is 1. The number of nitrogens with zero attached hydrogens (tertiary/aromatic N) is 1. The van der Waals surface area contributed by atoms with Crippen LogP contribution in [0, 0.1) is 17.8 Å². The van der Waals surface area contributed by atoms with Crippen LogP contribution in [-0.2, 0) is 11.2 Å². The number of hydrogen-bond acceptors (Lipinski definition) is 2. The van der Waals surface area contributed by atoms with Crippen LogP contribution in [0.25, 0.3) is 10.9 Å². The Kier molecular flexibility index (Phi) is 6.22. The van der Waals surface area contributed by atoms with Gasteiger partial charge in [0.15, 0.2) is 0 Å². The van der Waals surface area contributed by atoms with Gasteiger partial charge in [-0.15, -0.1) is 11.6 Å². The Morgan fingerprint density at radius 2 is 1.71 bits per heavy atom. The van der Waals surface area contributed by atoms with Crippen LogP contribution in [0.2, 0.25) is 0 Å². The molecule has 38 heavy (non-hydrogen) atoms. The fourth-order valence-corrected chi connectivity index (χ4v) is 9.24. The molecular formula is C33H40ClN3O. The van der Waals surface area contributed by atoms with Crippen molar-refractivity contribution in [3.8, 4) is 0 Å². The minimum absolute atomic E-state index is 0.0142. The van der Waals surface area contributed by atoms with Crippen LogP contribution < -0.4 is 5.32 Å². The maximum absolute atomic E-state index is 13.4. The van der Waals surface area contributed by atoms with Gasteiger partial charge in [-0.05, 0) is 98.4 Å². The largest absolute Gasteiger partial charge is 0.380 e. The van der Waals surface area contributed by atoms with E-state index in [1.807, 2.05) is 0 Å². The fraction of sp³-hybridized carbons (Fsp3) is 0.545. The van der Waals surface area contributed by atoms with Crippen molar-refractivity contribution in [2.75, 3.05) is 11.2 Å². The number of aromatic nitrogens is 1. The summed E-state index contributed by atoms with van der Waals surface area (Å²) in [6.07, 6.45) is 12.5. The molecule has 1 amide bonds. The number of carbonyl (C=O) groups is 1. The SMILES string of the molecule is CCCC[C@H]1Cc2c([nH]c3ccccc23)[C@H](c2ccc(NC34CC5CC(CC(C5)C3)C4)cc2)N1C(=O)CCl. The maximum Gasteiger partial charge on any atom is 0.238 e. The average molecular weight is 530 g/mol. The third-order valence-electron chi connectivity index (χ3n) is 10.2. The summed E-state index contributed by atoms with van der Waals surface area (Å²) in [5.41, 5.74) is 6.34. The Morgan fingerprint density at radius 1 is 1.03 bits per heavy atom. The highest BCUT2D eigenvalue weighted by atomic mass is 35.5. The lowest BCUT2D eigenvalue weighted by atomic mass is 9.53. The molecule has 4 nitrogen and oxygen atoms in total. The van der Waals surface area contributed by atoms with Crippen molar-refractivity contribution < 1.29 is 4.79 Å². The first kappa shape index (κ1) is 24.6. The first-order valence-corrected chi connectivity index (χ1v) is 15.4. The summed E-state index contributed by atoms with van der Waals surface area (Å²) in [5.74, 6) is 2.81. The Bertz CT molecular complexity index is 1290. The molecule has 4 aliphatic carbocycles. The number of nitrogens with one attached hydrogen (secondary N) is 2. The van der Waals surface area contributed by atoms with E-state index in [0.717, 1.165) is 60.2 Å². The van der Waals surface area contributed by atoms with E-state index in [1.54, 1.807) is 0 Å². The van der Waals surface area contributed by atoms with Crippen molar-refractivity contribution in [3.63, 3.8) is 0 Å². The van der Waals surface area contributed by atoms with E-state index in [0.29, 0.717) is 0 Å². The Hall–Kier alpha value is -2.46. The Labute approximate surface area is 231 Å². The number of fused-ring (bicyclic) bond motifs is 3. The quantitative estimate of drug-likeness (QED) is 0.306. The van der Waals surface area contributed by atoms with Crippen LogP contribution in [0.3, 0.4) is 0 Å². The van der Waals surface area contributed by atoms with Gasteiger partial charge in [0, 0.05) is 33.9 Å². The molecule has 0 saturated heterocycles. The number of amides is 1. The number of halogens is 1. The number of hydrogen-bond donors (Lipinski definition) is 2. The summed E-state index contributed by atoms with van der Waals surface area (Å²) < 4.78 is 0. The lowest BCUT2D eigenvalue weighted by Gasteiger charge is -2.57. The highest BCUT2D eigenvalue weighted by molar-refractivity contribution is 6.27. The monoisotopic (exact) mass is 529 g/mol. The van der Waals surface area contributed by atoms with Crippen molar-refractivity contribution in [2.24, 2.45) is 17.8 Å². The topological polar surface area (TPSA) is 48.1 Å². The number of alkyl halides is 1. The van der Waals surface area contributed by atoms with Crippen LogP contribution in [0.5, 0.6) is 0 Å². The minimum Gasteiger partial charge on any atom is -0.380 e. The van der Waals surface area contributed by atoms with E-state index in [4.69, 9.17) is 11.6 Å². The van der Waals surface area contributed by atoms with E-state index in [1.165, 1.54) is 55.2 Å². The number of H-pyrrole nitrogens is 1. The van der Waals surface area contributed by atoms with Gasteiger partial charge in [0.1, 0.15) is 5.88 Å². The molecule has 1 aliphatic heterocycles. The second-order valence-corrected chi connectivity index (χ2v) is 13.1. The van der Waals surface area contributed by atoms with Crippen LogP contribution in [0.15, 0.2) is 48.5 Å². The van der Waals surface area contributed by atoms with Crippen LogP contribution in [0.4, 0.5) is 5.69 Å².